The molecule has 0 N–H and O–H groups in total. The topological polar surface area (TPSA) is 3.24 Å². The van der Waals surface area contributed by atoms with Gasteiger partial charge in [-0.2, -0.15) is 0 Å². The highest BCUT2D eigenvalue weighted by Gasteiger charge is 2.26. The summed E-state index contributed by atoms with van der Waals surface area (Å²) in [6, 6.07) is 1.52. The lowest BCUT2D eigenvalue weighted by atomic mass is 9.91. The minimum Gasteiger partial charge on any atom is -0.293 e. The molecule has 0 aromatic rings. The number of hydrogen-bond acceptors (Lipinski definition) is 1. The summed E-state index contributed by atoms with van der Waals surface area (Å²) in [5.74, 6) is 0. The van der Waals surface area contributed by atoms with Crippen molar-refractivity contribution in [3.8, 4) is 0 Å². The number of nitrogens with zero attached hydrogens (tertiary/aromatic N) is 1. The van der Waals surface area contributed by atoms with E-state index in [1.165, 1.54) is 56.9 Å². The standard InChI is InChI=1S/C17H31N/c1-5-11-16(7-3)18(14-15(4)6-2)17-12-9-8-10-13-17/h6,16-17H,2,4-5,7-14H2,1,3H3. The SMILES string of the molecule is C=CC(=C)CN(C(CC)CCC)C1CCCCC1. The number of rotatable bonds is 8. The smallest absolute Gasteiger partial charge is 0.0233 e. The Balaban J connectivity index is 2.70. The number of hydrogen-bond donors (Lipinski definition) is 0. The summed E-state index contributed by atoms with van der Waals surface area (Å²) in [4.78, 5) is 2.73. The van der Waals surface area contributed by atoms with Crippen LogP contribution in [0.5, 0.6) is 0 Å². The van der Waals surface area contributed by atoms with E-state index in [0.717, 1.165) is 18.6 Å². The molecule has 0 spiro atoms. The summed E-state index contributed by atoms with van der Waals surface area (Å²) in [6.45, 7) is 13.6. The predicted molar refractivity (Wildman–Crippen MR) is 81.9 cm³/mol. The molecule has 0 radical (unpaired) electrons. The van der Waals surface area contributed by atoms with Crippen LogP contribution in [-0.2, 0) is 0 Å². The highest BCUT2D eigenvalue weighted by atomic mass is 15.2. The zero-order valence-electron chi connectivity index (χ0n) is 12.5. The fraction of sp³-hybridized carbons (Fsp3) is 0.765. The molecule has 1 rings (SSSR count). The van der Waals surface area contributed by atoms with Gasteiger partial charge in [-0.15, -0.1) is 0 Å². The summed E-state index contributed by atoms with van der Waals surface area (Å²) < 4.78 is 0. The molecule has 1 aliphatic carbocycles. The first-order valence-corrected chi connectivity index (χ1v) is 7.78. The van der Waals surface area contributed by atoms with E-state index >= 15 is 0 Å². The maximum absolute atomic E-state index is 4.12. The predicted octanol–water partition coefficient (Wildman–Crippen LogP) is 4.94. The fourth-order valence-electron chi connectivity index (χ4n) is 3.21. The van der Waals surface area contributed by atoms with Gasteiger partial charge in [0.2, 0.25) is 0 Å². The largest absolute Gasteiger partial charge is 0.293 e. The maximum atomic E-state index is 4.12. The highest BCUT2D eigenvalue weighted by molar-refractivity contribution is 5.13. The maximum Gasteiger partial charge on any atom is 0.0233 e. The molecule has 1 unspecified atom stereocenters. The van der Waals surface area contributed by atoms with E-state index < -0.39 is 0 Å². The van der Waals surface area contributed by atoms with Gasteiger partial charge < -0.3 is 0 Å². The van der Waals surface area contributed by atoms with Gasteiger partial charge in [-0.1, -0.05) is 58.8 Å². The molecule has 1 nitrogen and oxygen atoms in total. The van der Waals surface area contributed by atoms with Gasteiger partial charge in [-0.05, 0) is 31.3 Å². The summed E-state index contributed by atoms with van der Waals surface area (Å²) in [7, 11) is 0. The van der Waals surface area contributed by atoms with Crippen molar-refractivity contribution in [3.63, 3.8) is 0 Å². The molecule has 0 bridgehead atoms. The van der Waals surface area contributed by atoms with Crippen molar-refractivity contribution in [2.75, 3.05) is 6.54 Å². The van der Waals surface area contributed by atoms with E-state index in [4.69, 9.17) is 0 Å². The van der Waals surface area contributed by atoms with Crippen LogP contribution >= 0.6 is 0 Å². The van der Waals surface area contributed by atoms with Gasteiger partial charge in [0, 0.05) is 18.6 Å². The van der Waals surface area contributed by atoms with E-state index in [2.05, 4.69) is 31.9 Å². The van der Waals surface area contributed by atoms with Crippen molar-refractivity contribution in [2.24, 2.45) is 0 Å². The molecule has 1 atom stereocenters. The van der Waals surface area contributed by atoms with Crippen molar-refractivity contribution >= 4 is 0 Å². The van der Waals surface area contributed by atoms with Crippen molar-refractivity contribution < 1.29 is 0 Å². The Labute approximate surface area is 114 Å². The quantitative estimate of drug-likeness (QED) is 0.551. The van der Waals surface area contributed by atoms with Crippen molar-refractivity contribution in [1.82, 2.24) is 4.90 Å². The molecule has 0 heterocycles. The van der Waals surface area contributed by atoms with E-state index in [0.29, 0.717) is 0 Å². The van der Waals surface area contributed by atoms with Crippen LogP contribution in [0.15, 0.2) is 24.8 Å². The zero-order valence-corrected chi connectivity index (χ0v) is 12.5. The van der Waals surface area contributed by atoms with Crippen LogP contribution in [-0.4, -0.2) is 23.5 Å². The molecule has 0 aliphatic heterocycles. The molecule has 0 amide bonds. The van der Waals surface area contributed by atoms with Gasteiger partial charge in [0.05, 0.1) is 0 Å². The van der Waals surface area contributed by atoms with Crippen molar-refractivity contribution in [1.29, 1.82) is 0 Å². The molecular weight excluding hydrogens is 218 g/mol. The second-order valence-electron chi connectivity index (χ2n) is 5.68. The molecule has 1 fully saturated rings. The van der Waals surface area contributed by atoms with Crippen LogP contribution in [0.1, 0.15) is 65.2 Å². The van der Waals surface area contributed by atoms with Crippen LogP contribution in [0, 0.1) is 0 Å². The van der Waals surface area contributed by atoms with E-state index in [1.54, 1.807) is 0 Å². The third-order valence-electron chi connectivity index (χ3n) is 4.28. The summed E-state index contributed by atoms with van der Waals surface area (Å²) in [5, 5.41) is 0. The monoisotopic (exact) mass is 249 g/mol. The third-order valence-corrected chi connectivity index (χ3v) is 4.28. The van der Waals surface area contributed by atoms with E-state index in [-0.39, 0.29) is 0 Å². The third kappa shape index (κ3) is 4.61. The molecule has 0 saturated heterocycles. The highest BCUT2D eigenvalue weighted by Crippen LogP contribution is 2.27. The average molecular weight is 249 g/mol. The lowest BCUT2D eigenvalue weighted by Gasteiger charge is -2.40. The van der Waals surface area contributed by atoms with Crippen LogP contribution < -0.4 is 0 Å². The van der Waals surface area contributed by atoms with Crippen LogP contribution in [0.25, 0.3) is 0 Å². The first-order chi connectivity index (χ1) is 8.72. The second kappa shape index (κ2) is 8.53. The molecule has 0 aromatic heterocycles. The minimum atomic E-state index is 0.731. The van der Waals surface area contributed by atoms with Crippen LogP contribution in [0.2, 0.25) is 0 Å². The molecule has 18 heavy (non-hydrogen) atoms. The Morgan fingerprint density at radius 1 is 1.28 bits per heavy atom. The van der Waals surface area contributed by atoms with Gasteiger partial charge in [0.15, 0.2) is 0 Å². The Kier molecular flexibility index (Phi) is 7.34. The summed E-state index contributed by atoms with van der Waals surface area (Å²) >= 11 is 0. The lowest BCUT2D eigenvalue weighted by molar-refractivity contribution is 0.107. The van der Waals surface area contributed by atoms with Gasteiger partial charge in [-0.3, -0.25) is 4.90 Å². The van der Waals surface area contributed by atoms with Gasteiger partial charge >= 0.3 is 0 Å². The Hall–Kier alpha value is -0.560. The Morgan fingerprint density at radius 2 is 1.94 bits per heavy atom. The zero-order chi connectivity index (χ0) is 13.4. The Morgan fingerprint density at radius 3 is 2.44 bits per heavy atom. The van der Waals surface area contributed by atoms with Crippen LogP contribution in [0.3, 0.4) is 0 Å². The molecule has 104 valence electrons. The van der Waals surface area contributed by atoms with Gasteiger partial charge in [0.25, 0.3) is 0 Å². The van der Waals surface area contributed by atoms with E-state index in [9.17, 15) is 0 Å². The second-order valence-corrected chi connectivity index (χ2v) is 5.68. The molecule has 1 heteroatoms. The first-order valence-electron chi connectivity index (χ1n) is 7.78. The molecule has 0 aromatic carbocycles. The van der Waals surface area contributed by atoms with Gasteiger partial charge in [0.1, 0.15) is 0 Å². The van der Waals surface area contributed by atoms with Gasteiger partial charge in [-0.25, -0.2) is 0 Å². The lowest BCUT2D eigenvalue weighted by Crippen LogP contribution is -2.44. The Bertz CT molecular complexity index is 246. The van der Waals surface area contributed by atoms with Crippen LogP contribution in [0.4, 0.5) is 0 Å². The summed E-state index contributed by atoms with van der Waals surface area (Å²) in [6.07, 6.45) is 12.8. The van der Waals surface area contributed by atoms with Crippen molar-refractivity contribution in [3.05, 3.63) is 24.8 Å². The average Bonchev–Trinajstić information content (AvgIpc) is 2.43. The van der Waals surface area contributed by atoms with E-state index in [1.807, 2.05) is 6.08 Å². The molecule has 1 aliphatic rings. The molecular formula is C17H31N. The van der Waals surface area contributed by atoms with Crippen molar-refractivity contribution in [2.45, 2.75) is 77.3 Å². The summed E-state index contributed by atoms with van der Waals surface area (Å²) in [5.41, 5.74) is 1.18. The fourth-order valence-corrected chi connectivity index (χ4v) is 3.21. The molecule has 1 saturated carbocycles. The minimum absolute atomic E-state index is 0.731. The normalized spacial score (nSPS) is 18.8. The first kappa shape index (κ1) is 15.5.